The molecule has 0 spiro atoms. The number of anilines is 2. The number of hydrogen-bond acceptors (Lipinski definition) is 8. The fraction of sp³-hybridized carbons (Fsp3) is 0.474. The molecule has 0 bridgehead atoms. The third-order valence-corrected chi connectivity index (χ3v) is 4.77. The Bertz CT molecular complexity index is 891. The predicted octanol–water partition coefficient (Wildman–Crippen LogP) is 0.116. The molecule has 2 rings (SSSR count). The summed E-state index contributed by atoms with van der Waals surface area (Å²) in [4.78, 5) is 25.8. The van der Waals surface area contributed by atoms with Gasteiger partial charge in [-0.1, -0.05) is 12.1 Å². The van der Waals surface area contributed by atoms with Crippen molar-refractivity contribution in [1.82, 2.24) is 14.0 Å². The fourth-order valence-corrected chi connectivity index (χ4v) is 3.02. The van der Waals surface area contributed by atoms with Crippen LogP contribution >= 0.6 is 0 Å². The molecule has 160 valence electrons. The quantitative estimate of drug-likeness (QED) is 0.449. The van der Waals surface area contributed by atoms with Gasteiger partial charge in [-0.3, -0.25) is 24.0 Å². The Balaban J connectivity index is 1.84. The highest BCUT2D eigenvalue weighted by Crippen LogP contribution is 2.13. The Kier molecular flexibility index (Phi) is 8.40. The lowest BCUT2D eigenvalue weighted by Gasteiger charge is -2.23. The maximum Gasteiger partial charge on any atom is 0.332 e. The van der Waals surface area contributed by atoms with Crippen molar-refractivity contribution in [3.63, 3.8) is 0 Å². The molecule has 0 radical (unpaired) electrons. The molecule has 0 amide bonds. The molecule has 0 aliphatic heterocycles. The summed E-state index contributed by atoms with van der Waals surface area (Å²) in [6.07, 6.45) is 1.65. The Hall–Kier alpha value is -2.66. The van der Waals surface area contributed by atoms with E-state index in [9.17, 15) is 19.9 Å². The summed E-state index contributed by atoms with van der Waals surface area (Å²) in [6.45, 7) is 2.47. The van der Waals surface area contributed by atoms with E-state index < -0.39 is 0 Å². The van der Waals surface area contributed by atoms with Crippen molar-refractivity contribution in [3.8, 4) is 0 Å². The number of aryl methyl sites for hydroxylation is 1. The molecule has 0 aliphatic carbocycles. The fourth-order valence-electron chi connectivity index (χ4n) is 3.02. The second-order valence-electron chi connectivity index (χ2n) is 6.80. The molecule has 1 heterocycles. The highest BCUT2D eigenvalue weighted by atomic mass is 16.8. The van der Waals surface area contributed by atoms with Gasteiger partial charge in [0.1, 0.15) is 5.82 Å². The first-order valence-electron chi connectivity index (χ1n) is 9.42. The van der Waals surface area contributed by atoms with Gasteiger partial charge in [-0.2, -0.15) is 0 Å². The van der Waals surface area contributed by atoms with Crippen LogP contribution < -0.4 is 21.8 Å². The van der Waals surface area contributed by atoms with E-state index in [1.165, 1.54) is 17.7 Å². The highest BCUT2D eigenvalue weighted by Gasteiger charge is 2.08. The predicted molar refractivity (Wildman–Crippen MR) is 111 cm³/mol. The van der Waals surface area contributed by atoms with E-state index in [-0.39, 0.29) is 28.8 Å². The van der Waals surface area contributed by atoms with Gasteiger partial charge in [-0.25, -0.2) is 4.79 Å². The molecule has 0 atom stereocenters. The van der Waals surface area contributed by atoms with E-state index in [1.807, 2.05) is 0 Å². The van der Waals surface area contributed by atoms with Crippen LogP contribution in [0.2, 0.25) is 0 Å². The monoisotopic (exact) mass is 406 g/mol. The van der Waals surface area contributed by atoms with Crippen molar-refractivity contribution in [1.29, 1.82) is 0 Å². The van der Waals surface area contributed by atoms with E-state index in [1.54, 1.807) is 31.3 Å². The molecular weight excluding hydrogens is 378 g/mol. The number of nitrogens with one attached hydrogen (secondary N) is 1. The Morgan fingerprint density at radius 1 is 1.07 bits per heavy atom. The van der Waals surface area contributed by atoms with Gasteiger partial charge in [0.25, 0.3) is 5.56 Å². The van der Waals surface area contributed by atoms with Gasteiger partial charge < -0.3 is 20.9 Å². The van der Waals surface area contributed by atoms with Crippen LogP contribution in [0.4, 0.5) is 11.5 Å². The van der Waals surface area contributed by atoms with Crippen LogP contribution in [-0.4, -0.2) is 57.1 Å². The molecule has 3 N–H and O–H groups in total. The zero-order chi connectivity index (χ0) is 21.4. The van der Waals surface area contributed by atoms with Crippen molar-refractivity contribution in [2.45, 2.75) is 12.8 Å². The average Bonchev–Trinajstić information content (AvgIpc) is 2.70. The summed E-state index contributed by atoms with van der Waals surface area (Å²) >= 11 is 0. The molecule has 0 aliphatic rings. The third-order valence-electron chi connectivity index (χ3n) is 4.77. The number of hydrogen-bond donors (Lipinski definition) is 3. The van der Waals surface area contributed by atoms with Crippen molar-refractivity contribution in [3.05, 3.63) is 61.9 Å². The van der Waals surface area contributed by atoms with Crippen LogP contribution in [0.1, 0.15) is 12.0 Å². The summed E-state index contributed by atoms with van der Waals surface area (Å²) in [5.74, 6) is 0.457. The normalized spacial score (nSPS) is 11.1. The number of aromatic nitrogens is 2. The number of aliphatic hydroxyl groups is 1. The second-order valence-corrected chi connectivity index (χ2v) is 6.80. The molecule has 0 saturated carbocycles. The number of aliphatic hydroxyl groups excluding tert-OH is 1. The van der Waals surface area contributed by atoms with Crippen LogP contribution in [0.3, 0.4) is 0 Å². The van der Waals surface area contributed by atoms with Gasteiger partial charge in [0.2, 0.25) is 0 Å². The SMILES string of the molecule is Cn1c(NCCN(CCO)CCCc2ccc(N([O-])O)cc2)cc(=O)n(C)c1=O. The van der Waals surface area contributed by atoms with E-state index in [0.717, 1.165) is 29.5 Å². The zero-order valence-electron chi connectivity index (χ0n) is 16.7. The first kappa shape index (κ1) is 22.6. The summed E-state index contributed by atoms with van der Waals surface area (Å²) in [5, 5.41) is 31.9. The minimum absolute atomic E-state index is 0.0366. The van der Waals surface area contributed by atoms with E-state index >= 15 is 0 Å². The number of benzene rings is 1. The zero-order valence-corrected chi connectivity index (χ0v) is 16.7. The first-order chi connectivity index (χ1) is 13.8. The van der Waals surface area contributed by atoms with Crippen molar-refractivity contribution in [2.24, 2.45) is 14.1 Å². The molecule has 2 aromatic rings. The molecule has 0 unspecified atom stereocenters. The Morgan fingerprint density at radius 2 is 1.76 bits per heavy atom. The average molecular weight is 406 g/mol. The van der Waals surface area contributed by atoms with Gasteiger partial charge in [-0.05, 0) is 37.1 Å². The molecule has 10 nitrogen and oxygen atoms in total. The maximum atomic E-state index is 12.0. The third kappa shape index (κ3) is 6.43. The minimum Gasteiger partial charge on any atom is -0.733 e. The van der Waals surface area contributed by atoms with Crippen LogP contribution in [0, 0.1) is 5.21 Å². The van der Waals surface area contributed by atoms with E-state index in [4.69, 9.17) is 5.21 Å². The standard InChI is InChI=1S/C19H28N5O5/c1-21-17(14-18(26)22(2)19(21)27)20-9-11-23(12-13-25)10-3-4-15-5-7-16(8-6-15)24(28)29/h5-8,14,20,25,28H,3-4,9-13H2,1-2H3/q-1. The van der Waals surface area contributed by atoms with Crippen LogP contribution in [-0.2, 0) is 20.5 Å². The molecule has 1 aromatic carbocycles. The largest absolute Gasteiger partial charge is 0.733 e. The highest BCUT2D eigenvalue weighted by molar-refractivity contribution is 5.45. The summed E-state index contributed by atoms with van der Waals surface area (Å²) in [5.41, 5.74) is 0.481. The van der Waals surface area contributed by atoms with Gasteiger partial charge in [0.15, 0.2) is 0 Å². The molecule has 29 heavy (non-hydrogen) atoms. The lowest BCUT2D eigenvalue weighted by molar-refractivity contribution is 0.199. The summed E-state index contributed by atoms with van der Waals surface area (Å²) < 4.78 is 2.43. The summed E-state index contributed by atoms with van der Waals surface area (Å²) in [6, 6.07) is 8.10. The van der Waals surface area contributed by atoms with Gasteiger partial charge in [0, 0.05) is 39.8 Å². The van der Waals surface area contributed by atoms with Crippen molar-refractivity contribution in [2.75, 3.05) is 43.3 Å². The minimum atomic E-state index is -0.389. The van der Waals surface area contributed by atoms with Gasteiger partial charge in [-0.15, -0.1) is 0 Å². The Morgan fingerprint density at radius 3 is 2.38 bits per heavy atom. The van der Waals surface area contributed by atoms with E-state index in [2.05, 4.69) is 10.2 Å². The molecule has 0 saturated heterocycles. The number of nitrogens with zero attached hydrogens (tertiary/aromatic N) is 4. The van der Waals surface area contributed by atoms with Crippen molar-refractivity contribution < 1.29 is 10.3 Å². The topological polar surface area (TPSA) is 126 Å². The molecule has 10 heteroatoms. The maximum absolute atomic E-state index is 12.0. The van der Waals surface area contributed by atoms with Gasteiger partial charge in [0.05, 0.1) is 12.3 Å². The molecule has 1 aromatic heterocycles. The van der Waals surface area contributed by atoms with Crippen LogP contribution in [0.25, 0.3) is 0 Å². The molecule has 0 fully saturated rings. The van der Waals surface area contributed by atoms with E-state index in [0.29, 0.717) is 25.5 Å². The van der Waals surface area contributed by atoms with Crippen molar-refractivity contribution >= 4 is 11.5 Å². The summed E-state index contributed by atoms with van der Waals surface area (Å²) in [7, 11) is 3.04. The van der Waals surface area contributed by atoms with Crippen LogP contribution in [0.5, 0.6) is 0 Å². The second kappa shape index (κ2) is 10.8. The lowest BCUT2D eigenvalue weighted by atomic mass is 10.1. The smallest absolute Gasteiger partial charge is 0.332 e. The number of rotatable bonds is 11. The van der Waals surface area contributed by atoms with Gasteiger partial charge >= 0.3 is 5.69 Å². The van der Waals surface area contributed by atoms with Crippen LogP contribution in [0.15, 0.2) is 39.9 Å². The Labute approximate surface area is 168 Å². The molecular formula is C19H28N5O5-. The lowest BCUT2D eigenvalue weighted by Crippen LogP contribution is -2.38. The first-order valence-corrected chi connectivity index (χ1v) is 9.42.